The quantitative estimate of drug-likeness (QED) is 0.386. The van der Waals surface area contributed by atoms with Gasteiger partial charge in [0.2, 0.25) is 5.95 Å². The van der Waals surface area contributed by atoms with Crippen molar-refractivity contribution in [3.63, 3.8) is 0 Å². The number of carbonyl (C=O) groups is 1. The van der Waals surface area contributed by atoms with Gasteiger partial charge in [-0.05, 0) is 54.4 Å². The number of amides is 1. The van der Waals surface area contributed by atoms with Crippen molar-refractivity contribution in [3.05, 3.63) is 107 Å². The van der Waals surface area contributed by atoms with Gasteiger partial charge in [0.05, 0.1) is 12.7 Å². The number of nitrogens with one attached hydrogen (secondary N) is 2. The molecule has 1 atom stereocenters. The summed E-state index contributed by atoms with van der Waals surface area (Å²) in [6, 6.07) is 20.3. The summed E-state index contributed by atoms with van der Waals surface area (Å²) in [4.78, 5) is 17.7. The number of halogens is 1. The zero-order chi connectivity index (χ0) is 25.1. The molecule has 0 fully saturated rings. The molecule has 8 nitrogen and oxygen atoms in total. The maximum atomic E-state index is 13.4. The molecule has 1 aromatic heterocycles. The molecule has 0 aliphatic carbocycles. The van der Waals surface area contributed by atoms with Crippen molar-refractivity contribution in [1.82, 2.24) is 14.8 Å². The normalized spacial score (nSPS) is 14.6. The van der Waals surface area contributed by atoms with E-state index < -0.39 is 6.04 Å². The lowest BCUT2D eigenvalue weighted by atomic mass is 9.94. The fourth-order valence-corrected chi connectivity index (χ4v) is 4.13. The summed E-state index contributed by atoms with van der Waals surface area (Å²) in [6.45, 7) is 2.09. The lowest BCUT2D eigenvalue weighted by molar-refractivity contribution is -0.113. The maximum absolute atomic E-state index is 13.4. The Bertz CT molecular complexity index is 1420. The van der Waals surface area contributed by atoms with E-state index in [9.17, 15) is 9.18 Å². The van der Waals surface area contributed by atoms with Gasteiger partial charge in [-0.25, -0.2) is 9.07 Å². The number of methoxy groups -OCH3 is 1. The number of benzene rings is 3. The van der Waals surface area contributed by atoms with Gasteiger partial charge >= 0.3 is 0 Å². The maximum Gasteiger partial charge on any atom is 0.255 e. The molecule has 36 heavy (non-hydrogen) atoms. The molecule has 0 spiro atoms. The van der Waals surface area contributed by atoms with E-state index in [4.69, 9.17) is 9.47 Å². The summed E-state index contributed by atoms with van der Waals surface area (Å²) >= 11 is 0. The van der Waals surface area contributed by atoms with Gasteiger partial charge in [0.25, 0.3) is 5.91 Å². The number of para-hydroxylation sites is 1. The number of ether oxygens (including phenoxy) is 2. The van der Waals surface area contributed by atoms with Crippen LogP contribution in [-0.4, -0.2) is 27.8 Å². The minimum absolute atomic E-state index is 0.250. The summed E-state index contributed by atoms with van der Waals surface area (Å²) in [6.07, 6.45) is 1.44. The van der Waals surface area contributed by atoms with Crippen LogP contribution in [0.4, 0.5) is 16.0 Å². The second-order valence-electron chi connectivity index (χ2n) is 8.24. The van der Waals surface area contributed by atoms with Crippen LogP contribution in [0.1, 0.15) is 24.1 Å². The first-order valence-corrected chi connectivity index (χ1v) is 11.3. The van der Waals surface area contributed by atoms with Crippen molar-refractivity contribution >= 4 is 17.5 Å². The lowest BCUT2D eigenvalue weighted by Crippen LogP contribution is -2.31. The number of fused-ring (bicyclic) bond motifs is 1. The average Bonchev–Trinajstić information content (AvgIpc) is 3.36. The summed E-state index contributed by atoms with van der Waals surface area (Å²) < 4.78 is 26.4. The number of aromatic nitrogens is 3. The number of carbonyl (C=O) groups excluding carboxylic acids is 1. The van der Waals surface area contributed by atoms with E-state index in [1.807, 2.05) is 49.4 Å². The van der Waals surface area contributed by atoms with Crippen LogP contribution in [0.3, 0.4) is 0 Å². The Morgan fingerprint density at radius 3 is 2.61 bits per heavy atom. The third kappa shape index (κ3) is 4.63. The Morgan fingerprint density at radius 1 is 1.08 bits per heavy atom. The van der Waals surface area contributed by atoms with Gasteiger partial charge in [0, 0.05) is 11.4 Å². The lowest BCUT2D eigenvalue weighted by Gasteiger charge is -2.29. The number of allylic oxidation sites excluding steroid dienone is 1. The van der Waals surface area contributed by atoms with E-state index >= 15 is 0 Å². The third-order valence-corrected chi connectivity index (χ3v) is 5.88. The second kappa shape index (κ2) is 9.91. The van der Waals surface area contributed by atoms with E-state index in [1.54, 1.807) is 30.0 Å². The van der Waals surface area contributed by atoms with Gasteiger partial charge in [-0.3, -0.25) is 4.79 Å². The molecule has 2 N–H and O–H groups in total. The van der Waals surface area contributed by atoms with Crippen molar-refractivity contribution in [2.45, 2.75) is 19.6 Å². The summed E-state index contributed by atoms with van der Waals surface area (Å²) in [5.74, 6) is 0.993. The van der Waals surface area contributed by atoms with Crippen LogP contribution in [0.15, 0.2) is 90.4 Å². The molecular formula is C27H24FN5O3. The molecule has 1 aliphatic heterocycles. The molecule has 4 aromatic rings. The topological polar surface area (TPSA) is 90.3 Å². The number of hydrogen-bond acceptors (Lipinski definition) is 6. The molecule has 1 amide bonds. The highest BCUT2D eigenvalue weighted by Crippen LogP contribution is 2.39. The van der Waals surface area contributed by atoms with Gasteiger partial charge in [-0.2, -0.15) is 10.1 Å². The zero-order valence-corrected chi connectivity index (χ0v) is 19.7. The molecule has 5 rings (SSSR count). The van der Waals surface area contributed by atoms with Crippen molar-refractivity contribution < 1.29 is 18.7 Å². The van der Waals surface area contributed by atoms with Gasteiger partial charge in [-0.1, -0.05) is 36.4 Å². The predicted octanol–water partition coefficient (Wildman–Crippen LogP) is 4.93. The van der Waals surface area contributed by atoms with Crippen molar-refractivity contribution in [2.24, 2.45) is 0 Å². The molecule has 2 heterocycles. The first-order chi connectivity index (χ1) is 17.5. The molecule has 182 valence electrons. The largest absolute Gasteiger partial charge is 0.493 e. The smallest absolute Gasteiger partial charge is 0.255 e. The van der Waals surface area contributed by atoms with Gasteiger partial charge in [-0.15, -0.1) is 0 Å². The van der Waals surface area contributed by atoms with Crippen molar-refractivity contribution in [2.75, 3.05) is 17.7 Å². The number of rotatable bonds is 7. The second-order valence-corrected chi connectivity index (χ2v) is 8.24. The van der Waals surface area contributed by atoms with Crippen LogP contribution >= 0.6 is 0 Å². The molecule has 0 radical (unpaired) electrons. The standard InChI is InChI=1S/C27H24FN5O3/c1-17-24(26(34)32-21-6-4-3-5-7-21)25(33-27(31-17)29-16-30-33)19-10-13-22(23(14-19)35-2)36-15-18-8-11-20(28)12-9-18/h3-14,16,25H,15H2,1-2H3,(H,32,34)(H,29,30,31). The first-order valence-electron chi connectivity index (χ1n) is 11.3. The summed E-state index contributed by atoms with van der Waals surface area (Å²) in [5, 5.41) is 10.5. The minimum Gasteiger partial charge on any atom is -0.493 e. The fourth-order valence-electron chi connectivity index (χ4n) is 4.13. The van der Waals surface area contributed by atoms with E-state index in [0.29, 0.717) is 34.4 Å². The van der Waals surface area contributed by atoms with E-state index in [0.717, 1.165) is 11.1 Å². The van der Waals surface area contributed by atoms with E-state index in [1.165, 1.54) is 18.5 Å². The van der Waals surface area contributed by atoms with Crippen LogP contribution in [0, 0.1) is 5.82 Å². The molecular weight excluding hydrogens is 461 g/mol. The fraction of sp³-hybridized carbons (Fsp3) is 0.148. The molecule has 0 saturated heterocycles. The van der Waals surface area contributed by atoms with E-state index in [-0.39, 0.29) is 18.3 Å². The van der Waals surface area contributed by atoms with E-state index in [2.05, 4.69) is 20.7 Å². The number of hydrogen-bond donors (Lipinski definition) is 2. The summed E-state index contributed by atoms with van der Waals surface area (Å²) in [5.41, 5.74) is 3.45. The Hall–Kier alpha value is -4.66. The monoisotopic (exact) mass is 485 g/mol. The Balaban J connectivity index is 1.47. The highest BCUT2D eigenvalue weighted by Gasteiger charge is 2.34. The zero-order valence-electron chi connectivity index (χ0n) is 19.7. The van der Waals surface area contributed by atoms with Crippen LogP contribution in [0.25, 0.3) is 0 Å². The van der Waals surface area contributed by atoms with Gasteiger partial charge in [0.15, 0.2) is 11.5 Å². The Morgan fingerprint density at radius 2 is 1.86 bits per heavy atom. The molecule has 9 heteroatoms. The third-order valence-electron chi connectivity index (χ3n) is 5.88. The molecule has 0 bridgehead atoms. The molecule has 1 unspecified atom stereocenters. The number of anilines is 2. The highest BCUT2D eigenvalue weighted by molar-refractivity contribution is 6.06. The Kier molecular flexibility index (Phi) is 6.36. The van der Waals surface area contributed by atoms with Crippen LogP contribution in [-0.2, 0) is 11.4 Å². The van der Waals surface area contributed by atoms with Crippen LogP contribution in [0.5, 0.6) is 11.5 Å². The van der Waals surface area contributed by atoms with Gasteiger partial charge < -0.3 is 20.1 Å². The van der Waals surface area contributed by atoms with Crippen molar-refractivity contribution in [1.29, 1.82) is 0 Å². The highest BCUT2D eigenvalue weighted by atomic mass is 19.1. The van der Waals surface area contributed by atoms with Crippen LogP contribution in [0.2, 0.25) is 0 Å². The van der Waals surface area contributed by atoms with Crippen molar-refractivity contribution in [3.8, 4) is 11.5 Å². The predicted molar refractivity (Wildman–Crippen MR) is 133 cm³/mol. The average molecular weight is 486 g/mol. The molecule has 1 aliphatic rings. The first kappa shape index (κ1) is 23.1. The minimum atomic E-state index is -0.549. The SMILES string of the molecule is COc1cc(C2C(C(=O)Nc3ccccc3)=C(C)Nc3ncnn32)ccc1OCc1ccc(F)cc1. The van der Waals surface area contributed by atoms with Crippen LogP contribution < -0.4 is 20.1 Å². The van der Waals surface area contributed by atoms with Gasteiger partial charge in [0.1, 0.15) is 24.8 Å². The Labute approximate surface area is 207 Å². The number of nitrogens with zero attached hydrogens (tertiary/aromatic N) is 3. The summed E-state index contributed by atoms with van der Waals surface area (Å²) in [7, 11) is 1.55. The molecule has 0 saturated carbocycles. The molecule has 3 aromatic carbocycles.